The van der Waals surface area contributed by atoms with Crippen molar-refractivity contribution in [2.75, 3.05) is 5.32 Å². The normalized spacial score (nSPS) is 10.8. The van der Waals surface area contributed by atoms with Gasteiger partial charge in [0, 0.05) is 15.7 Å². The van der Waals surface area contributed by atoms with E-state index in [1.165, 1.54) is 0 Å². The van der Waals surface area contributed by atoms with E-state index >= 15 is 0 Å². The van der Waals surface area contributed by atoms with Gasteiger partial charge in [0.05, 0.1) is 15.7 Å². The third kappa shape index (κ3) is 4.41. The number of carbonyl (C=O) groups excluding carboxylic acids is 1. The lowest BCUT2D eigenvalue weighted by molar-refractivity contribution is 0.101. The summed E-state index contributed by atoms with van der Waals surface area (Å²) in [5.74, 6) is 0.158. The molecule has 0 aliphatic carbocycles. The summed E-state index contributed by atoms with van der Waals surface area (Å²) in [5.41, 5.74) is 3.23. The number of hydrogen-bond acceptors (Lipinski definition) is 3. The SMILES string of the molecule is Cc1cccc(-n2nc(C(=O)Nc3ccc(Cl)c(Cl)c3)nc2-c2ccc(Br)cc2)c1. The fourth-order valence-corrected chi connectivity index (χ4v) is 3.46. The van der Waals surface area contributed by atoms with Gasteiger partial charge in [0.15, 0.2) is 5.82 Å². The predicted octanol–water partition coefficient (Wildman–Crippen LogP) is 6.56. The Kier molecular flexibility index (Phi) is 5.90. The summed E-state index contributed by atoms with van der Waals surface area (Å²) in [5, 5.41) is 8.00. The minimum absolute atomic E-state index is 0.0421. The van der Waals surface area contributed by atoms with Crippen LogP contribution in [0.4, 0.5) is 5.69 Å². The number of carbonyl (C=O) groups is 1. The van der Waals surface area contributed by atoms with E-state index in [9.17, 15) is 4.79 Å². The first-order valence-corrected chi connectivity index (χ1v) is 10.5. The van der Waals surface area contributed by atoms with E-state index in [2.05, 4.69) is 31.3 Å². The predicted molar refractivity (Wildman–Crippen MR) is 124 cm³/mol. The molecule has 0 atom stereocenters. The van der Waals surface area contributed by atoms with Gasteiger partial charge in [-0.1, -0.05) is 63.4 Å². The highest BCUT2D eigenvalue weighted by Crippen LogP contribution is 2.26. The Morgan fingerprint density at radius 1 is 1.00 bits per heavy atom. The number of aromatic nitrogens is 3. The molecule has 0 saturated heterocycles. The highest BCUT2D eigenvalue weighted by Gasteiger charge is 2.19. The zero-order valence-electron chi connectivity index (χ0n) is 15.7. The number of nitrogens with zero attached hydrogens (tertiary/aromatic N) is 3. The van der Waals surface area contributed by atoms with Gasteiger partial charge < -0.3 is 5.32 Å². The number of aryl methyl sites for hydroxylation is 1. The molecule has 0 saturated carbocycles. The molecule has 0 radical (unpaired) electrons. The maximum atomic E-state index is 12.8. The largest absolute Gasteiger partial charge is 0.319 e. The summed E-state index contributed by atoms with van der Waals surface area (Å²) in [7, 11) is 0. The molecule has 1 heterocycles. The van der Waals surface area contributed by atoms with E-state index in [0.29, 0.717) is 21.6 Å². The molecule has 8 heteroatoms. The summed E-state index contributed by atoms with van der Waals surface area (Å²) in [4.78, 5) is 17.3. The zero-order valence-corrected chi connectivity index (χ0v) is 18.8. The van der Waals surface area contributed by atoms with Crippen LogP contribution in [0.25, 0.3) is 17.1 Å². The molecular weight excluding hydrogens is 487 g/mol. The molecule has 0 fully saturated rings. The molecule has 30 heavy (non-hydrogen) atoms. The lowest BCUT2D eigenvalue weighted by Gasteiger charge is -2.07. The number of nitrogens with one attached hydrogen (secondary N) is 1. The Bertz CT molecular complexity index is 1240. The lowest BCUT2D eigenvalue weighted by atomic mass is 10.2. The van der Waals surface area contributed by atoms with Gasteiger partial charge in [-0.3, -0.25) is 4.79 Å². The third-order valence-corrected chi connectivity index (χ3v) is 5.60. The summed E-state index contributed by atoms with van der Waals surface area (Å²) in [6.07, 6.45) is 0. The van der Waals surface area contributed by atoms with Gasteiger partial charge in [0.2, 0.25) is 5.82 Å². The maximum absolute atomic E-state index is 12.8. The Morgan fingerprint density at radius 3 is 2.47 bits per heavy atom. The minimum atomic E-state index is -0.446. The molecule has 4 rings (SSSR count). The van der Waals surface area contributed by atoms with Crippen LogP contribution in [0, 0.1) is 6.92 Å². The van der Waals surface area contributed by atoms with Crippen molar-refractivity contribution in [1.82, 2.24) is 14.8 Å². The van der Waals surface area contributed by atoms with Crippen molar-refractivity contribution in [2.45, 2.75) is 6.92 Å². The second-order valence-corrected chi connectivity index (χ2v) is 8.33. The fraction of sp³-hybridized carbons (Fsp3) is 0.0455. The number of anilines is 1. The quantitative estimate of drug-likeness (QED) is 0.344. The van der Waals surface area contributed by atoms with Gasteiger partial charge in [0.1, 0.15) is 0 Å². The van der Waals surface area contributed by atoms with Crippen molar-refractivity contribution >= 4 is 50.7 Å². The highest BCUT2D eigenvalue weighted by atomic mass is 79.9. The number of benzene rings is 3. The molecule has 0 bridgehead atoms. The van der Waals surface area contributed by atoms with Crippen LogP contribution in [0.1, 0.15) is 16.2 Å². The van der Waals surface area contributed by atoms with Crippen molar-refractivity contribution in [2.24, 2.45) is 0 Å². The molecule has 0 unspecified atom stereocenters. The third-order valence-electron chi connectivity index (χ3n) is 4.34. The molecule has 5 nitrogen and oxygen atoms in total. The van der Waals surface area contributed by atoms with Crippen molar-refractivity contribution in [1.29, 1.82) is 0 Å². The van der Waals surface area contributed by atoms with Crippen LogP contribution in [0.3, 0.4) is 0 Å². The monoisotopic (exact) mass is 500 g/mol. The molecule has 1 amide bonds. The number of rotatable bonds is 4. The van der Waals surface area contributed by atoms with Gasteiger partial charge in [-0.2, -0.15) is 0 Å². The molecule has 1 N–H and O–H groups in total. The van der Waals surface area contributed by atoms with Crippen molar-refractivity contribution in [3.8, 4) is 17.1 Å². The average molecular weight is 502 g/mol. The van der Waals surface area contributed by atoms with E-state index in [1.54, 1.807) is 22.9 Å². The smallest absolute Gasteiger partial charge is 0.295 e. The summed E-state index contributed by atoms with van der Waals surface area (Å²) in [6, 6.07) is 20.4. The van der Waals surface area contributed by atoms with E-state index in [4.69, 9.17) is 23.2 Å². The molecule has 0 aliphatic heterocycles. The summed E-state index contributed by atoms with van der Waals surface area (Å²) < 4.78 is 2.62. The van der Waals surface area contributed by atoms with E-state index in [0.717, 1.165) is 21.3 Å². The van der Waals surface area contributed by atoms with Crippen LogP contribution < -0.4 is 5.32 Å². The van der Waals surface area contributed by atoms with Gasteiger partial charge in [-0.15, -0.1) is 5.10 Å². The van der Waals surface area contributed by atoms with Crippen molar-refractivity contribution in [3.63, 3.8) is 0 Å². The zero-order chi connectivity index (χ0) is 21.3. The second kappa shape index (κ2) is 8.60. The lowest BCUT2D eigenvalue weighted by Crippen LogP contribution is -2.14. The van der Waals surface area contributed by atoms with Crippen LogP contribution >= 0.6 is 39.1 Å². The van der Waals surface area contributed by atoms with Crippen LogP contribution in [0.2, 0.25) is 10.0 Å². The molecule has 4 aromatic rings. The van der Waals surface area contributed by atoms with Crippen LogP contribution in [0.5, 0.6) is 0 Å². The minimum Gasteiger partial charge on any atom is -0.319 e. The highest BCUT2D eigenvalue weighted by molar-refractivity contribution is 9.10. The van der Waals surface area contributed by atoms with E-state index < -0.39 is 5.91 Å². The number of halogens is 3. The second-order valence-electron chi connectivity index (χ2n) is 6.60. The van der Waals surface area contributed by atoms with Gasteiger partial charge >= 0.3 is 0 Å². The summed E-state index contributed by atoms with van der Waals surface area (Å²) in [6.45, 7) is 2.00. The number of hydrogen-bond donors (Lipinski definition) is 1. The fourth-order valence-electron chi connectivity index (χ4n) is 2.89. The van der Waals surface area contributed by atoms with Crippen molar-refractivity contribution in [3.05, 3.63) is 92.6 Å². The molecule has 0 spiro atoms. The first-order valence-electron chi connectivity index (χ1n) is 8.97. The Hall–Kier alpha value is -2.67. The van der Waals surface area contributed by atoms with Gasteiger partial charge in [-0.05, 0) is 55.0 Å². The van der Waals surface area contributed by atoms with E-state index in [-0.39, 0.29) is 5.82 Å². The first kappa shape index (κ1) is 20.6. The van der Waals surface area contributed by atoms with Crippen LogP contribution in [-0.4, -0.2) is 20.7 Å². The topological polar surface area (TPSA) is 59.8 Å². The standard InChI is InChI=1S/C22H15BrCl2N4O/c1-13-3-2-4-17(11-13)29-21(14-5-7-15(23)8-6-14)27-20(28-29)22(30)26-16-9-10-18(24)19(25)12-16/h2-12H,1H3,(H,26,30). The Labute approximate surface area is 191 Å². The molecule has 150 valence electrons. The van der Waals surface area contributed by atoms with Gasteiger partial charge in [0.25, 0.3) is 5.91 Å². The molecule has 0 aliphatic rings. The van der Waals surface area contributed by atoms with Crippen LogP contribution in [0.15, 0.2) is 71.2 Å². The summed E-state index contributed by atoms with van der Waals surface area (Å²) >= 11 is 15.4. The Morgan fingerprint density at radius 2 is 1.77 bits per heavy atom. The first-order chi connectivity index (χ1) is 14.4. The van der Waals surface area contributed by atoms with Gasteiger partial charge in [-0.25, -0.2) is 9.67 Å². The Balaban J connectivity index is 1.75. The van der Waals surface area contributed by atoms with Crippen LogP contribution in [-0.2, 0) is 0 Å². The molecular formula is C22H15BrCl2N4O. The number of amides is 1. The maximum Gasteiger partial charge on any atom is 0.295 e. The molecule has 1 aromatic heterocycles. The average Bonchev–Trinajstić information content (AvgIpc) is 3.17. The van der Waals surface area contributed by atoms with Crippen molar-refractivity contribution < 1.29 is 4.79 Å². The van der Waals surface area contributed by atoms with E-state index in [1.807, 2.05) is 55.5 Å². The molecule has 3 aromatic carbocycles.